The van der Waals surface area contributed by atoms with Crippen LogP contribution in [0.2, 0.25) is 0 Å². The van der Waals surface area contributed by atoms with Crippen molar-refractivity contribution >= 4 is 27.3 Å². The Bertz CT molecular complexity index is 424. The molecule has 0 radical (unpaired) electrons. The molecule has 0 bridgehead atoms. The minimum Gasteiger partial charge on any atom is -0.384 e. The molecule has 0 spiro atoms. The third kappa shape index (κ3) is 3.96. The number of anilines is 1. The molecule has 1 unspecified atom stereocenters. The lowest BCUT2D eigenvalue weighted by atomic mass is 9.96. The van der Waals surface area contributed by atoms with E-state index in [0.717, 1.165) is 10.2 Å². The summed E-state index contributed by atoms with van der Waals surface area (Å²) in [5, 5.41) is 13.9. The van der Waals surface area contributed by atoms with Gasteiger partial charge in [0.15, 0.2) is 0 Å². The summed E-state index contributed by atoms with van der Waals surface area (Å²) in [6.07, 6.45) is 0. The highest BCUT2D eigenvalue weighted by molar-refractivity contribution is 9.10. The second-order valence-corrected chi connectivity index (χ2v) is 5.40. The van der Waals surface area contributed by atoms with Crippen LogP contribution in [0.5, 0.6) is 0 Å². The molecule has 0 saturated carbocycles. The van der Waals surface area contributed by atoms with Crippen molar-refractivity contribution in [3.8, 4) is 0 Å². The average molecular weight is 316 g/mol. The highest BCUT2D eigenvalue weighted by Crippen LogP contribution is 2.27. The van der Waals surface area contributed by atoms with Gasteiger partial charge in [-0.2, -0.15) is 0 Å². The minimum absolute atomic E-state index is 0.0783. The molecular weight excluding hydrogens is 298 g/mol. The number of nitrogens with two attached hydrogens (primary N) is 1. The van der Waals surface area contributed by atoms with Crippen molar-refractivity contribution in [1.82, 2.24) is 0 Å². The van der Waals surface area contributed by atoms with Crippen molar-refractivity contribution in [3.63, 3.8) is 0 Å². The van der Waals surface area contributed by atoms with Gasteiger partial charge in [-0.25, -0.2) is 0 Å². The summed E-state index contributed by atoms with van der Waals surface area (Å²) in [6.45, 7) is 5.52. The Morgan fingerprint density at radius 3 is 2.67 bits per heavy atom. The predicted molar refractivity (Wildman–Crippen MR) is 76.7 cm³/mol. The average Bonchev–Trinajstić information content (AvgIpc) is 2.31. The molecular formula is C12H18BrN3O2. The molecule has 0 aliphatic carbocycles. The zero-order valence-electron chi connectivity index (χ0n) is 10.5. The number of hydrogen-bond acceptors (Lipinski definition) is 4. The van der Waals surface area contributed by atoms with Crippen LogP contribution >= 0.6 is 15.9 Å². The number of nitro benzene ring substituents is 1. The smallest absolute Gasteiger partial charge is 0.271 e. The maximum atomic E-state index is 10.7. The molecule has 18 heavy (non-hydrogen) atoms. The highest BCUT2D eigenvalue weighted by atomic mass is 79.9. The van der Waals surface area contributed by atoms with E-state index in [2.05, 4.69) is 35.1 Å². The van der Waals surface area contributed by atoms with E-state index in [9.17, 15) is 10.1 Å². The molecule has 0 fully saturated rings. The lowest BCUT2D eigenvalue weighted by molar-refractivity contribution is -0.384. The monoisotopic (exact) mass is 315 g/mol. The first-order valence-corrected chi connectivity index (χ1v) is 6.63. The van der Waals surface area contributed by atoms with Gasteiger partial charge in [0.2, 0.25) is 0 Å². The van der Waals surface area contributed by atoms with E-state index in [0.29, 0.717) is 24.9 Å². The van der Waals surface area contributed by atoms with Crippen LogP contribution in [0.1, 0.15) is 13.8 Å². The molecule has 0 saturated heterocycles. The quantitative estimate of drug-likeness (QED) is 0.624. The van der Waals surface area contributed by atoms with E-state index in [1.165, 1.54) is 12.1 Å². The number of nitrogens with zero attached hydrogens (tertiary/aromatic N) is 1. The van der Waals surface area contributed by atoms with E-state index >= 15 is 0 Å². The largest absolute Gasteiger partial charge is 0.384 e. The van der Waals surface area contributed by atoms with E-state index in [1.54, 1.807) is 6.07 Å². The van der Waals surface area contributed by atoms with E-state index in [4.69, 9.17) is 5.73 Å². The van der Waals surface area contributed by atoms with E-state index < -0.39 is 4.92 Å². The topological polar surface area (TPSA) is 81.2 Å². The van der Waals surface area contributed by atoms with Crippen LogP contribution in [0.4, 0.5) is 11.4 Å². The van der Waals surface area contributed by atoms with Gasteiger partial charge in [-0.3, -0.25) is 10.1 Å². The van der Waals surface area contributed by atoms with E-state index in [-0.39, 0.29) is 5.69 Å². The number of non-ortho nitro benzene ring substituents is 1. The van der Waals surface area contributed by atoms with Crippen LogP contribution in [-0.4, -0.2) is 18.0 Å². The summed E-state index contributed by atoms with van der Waals surface area (Å²) in [6, 6.07) is 4.67. The Balaban J connectivity index is 2.77. The number of halogens is 1. The molecule has 1 aromatic rings. The highest BCUT2D eigenvalue weighted by Gasteiger charge is 2.13. The van der Waals surface area contributed by atoms with Gasteiger partial charge in [0.05, 0.1) is 10.6 Å². The van der Waals surface area contributed by atoms with E-state index in [1.807, 2.05) is 0 Å². The van der Waals surface area contributed by atoms with Crippen LogP contribution in [0.25, 0.3) is 0 Å². The fraction of sp³-hybridized carbons (Fsp3) is 0.500. The van der Waals surface area contributed by atoms with Gasteiger partial charge in [0.1, 0.15) is 0 Å². The zero-order chi connectivity index (χ0) is 13.7. The number of benzene rings is 1. The Morgan fingerprint density at radius 2 is 2.17 bits per heavy atom. The molecule has 0 aromatic heterocycles. The van der Waals surface area contributed by atoms with Crippen LogP contribution in [0.15, 0.2) is 22.7 Å². The van der Waals surface area contributed by atoms with Gasteiger partial charge < -0.3 is 11.1 Å². The standard InChI is InChI=1S/C12H18BrN3O2/c1-8(2)9(6-14)7-15-12-5-10(16(17)18)3-4-11(12)13/h3-5,8-9,15H,6-7,14H2,1-2H3. The zero-order valence-corrected chi connectivity index (χ0v) is 12.1. The second-order valence-electron chi connectivity index (χ2n) is 4.54. The van der Waals surface area contributed by atoms with Gasteiger partial charge in [0.25, 0.3) is 5.69 Å². The molecule has 1 aromatic carbocycles. The van der Waals surface area contributed by atoms with Gasteiger partial charge >= 0.3 is 0 Å². The maximum Gasteiger partial charge on any atom is 0.271 e. The van der Waals surface area contributed by atoms with Crippen LogP contribution in [0, 0.1) is 22.0 Å². The molecule has 5 nitrogen and oxygen atoms in total. The first kappa shape index (κ1) is 14.9. The Kier molecular flexibility index (Phi) is 5.55. The Morgan fingerprint density at radius 1 is 1.50 bits per heavy atom. The summed E-state index contributed by atoms with van der Waals surface area (Å²) < 4.78 is 0.813. The van der Waals surface area contributed by atoms with Gasteiger partial charge in [-0.1, -0.05) is 13.8 Å². The van der Waals surface area contributed by atoms with Crippen molar-refractivity contribution in [2.45, 2.75) is 13.8 Å². The van der Waals surface area contributed by atoms with Crippen LogP contribution < -0.4 is 11.1 Å². The Hall–Kier alpha value is -1.14. The van der Waals surface area contributed by atoms with Gasteiger partial charge in [0, 0.05) is 23.2 Å². The maximum absolute atomic E-state index is 10.7. The van der Waals surface area contributed by atoms with Crippen molar-refractivity contribution in [3.05, 3.63) is 32.8 Å². The van der Waals surface area contributed by atoms with Gasteiger partial charge in [-0.05, 0) is 40.4 Å². The molecule has 100 valence electrons. The minimum atomic E-state index is -0.402. The predicted octanol–water partition coefficient (Wildman–Crippen LogP) is 3.00. The number of rotatable bonds is 6. The molecule has 0 heterocycles. The molecule has 6 heteroatoms. The molecule has 1 atom stereocenters. The number of nitrogens with one attached hydrogen (secondary N) is 1. The molecule has 3 N–H and O–H groups in total. The van der Waals surface area contributed by atoms with Crippen molar-refractivity contribution in [2.24, 2.45) is 17.6 Å². The fourth-order valence-corrected chi connectivity index (χ4v) is 1.98. The normalized spacial score (nSPS) is 12.5. The molecule has 0 amide bonds. The first-order chi connectivity index (χ1) is 8.45. The molecule has 0 aliphatic rings. The molecule has 0 aliphatic heterocycles. The van der Waals surface area contributed by atoms with Gasteiger partial charge in [-0.15, -0.1) is 0 Å². The SMILES string of the molecule is CC(C)C(CN)CNc1cc([N+](=O)[O-])ccc1Br. The third-order valence-electron chi connectivity index (χ3n) is 2.96. The van der Waals surface area contributed by atoms with Crippen LogP contribution in [0.3, 0.4) is 0 Å². The summed E-state index contributed by atoms with van der Waals surface area (Å²) in [5.41, 5.74) is 6.50. The summed E-state index contributed by atoms with van der Waals surface area (Å²) >= 11 is 3.37. The summed E-state index contributed by atoms with van der Waals surface area (Å²) in [7, 11) is 0. The number of hydrogen-bond donors (Lipinski definition) is 2. The van der Waals surface area contributed by atoms with Crippen molar-refractivity contribution < 1.29 is 4.92 Å². The van der Waals surface area contributed by atoms with Crippen molar-refractivity contribution in [1.29, 1.82) is 0 Å². The second kappa shape index (κ2) is 6.70. The van der Waals surface area contributed by atoms with Crippen molar-refractivity contribution in [2.75, 3.05) is 18.4 Å². The first-order valence-electron chi connectivity index (χ1n) is 5.83. The third-order valence-corrected chi connectivity index (χ3v) is 3.65. The lowest BCUT2D eigenvalue weighted by Gasteiger charge is -2.20. The van der Waals surface area contributed by atoms with Crippen LogP contribution in [-0.2, 0) is 0 Å². The lowest BCUT2D eigenvalue weighted by Crippen LogP contribution is -2.27. The Labute approximate surface area is 115 Å². The summed E-state index contributed by atoms with van der Waals surface area (Å²) in [5.74, 6) is 0.816. The summed E-state index contributed by atoms with van der Waals surface area (Å²) in [4.78, 5) is 10.3. The fourth-order valence-electron chi connectivity index (χ4n) is 1.59. The molecule has 1 rings (SSSR count). The number of nitro groups is 1.